The summed E-state index contributed by atoms with van der Waals surface area (Å²) in [4.78, 5) is 67.2. The topological polar surface area (TPSA) is 195 Å². The number of hydrogen-bond acceptors (Lipinski definition) is 7. The summed E-state index contributed by atoms with van der Waals surface area (Å²) in [6, 6.07) is 26.3. The summed E-state index contributed by atoms with van der Waals surface area (Å²) in [5, 5.41) is 23.9. The number of benzene rings is 4. The molecule has 6 N–H and O–H groups in total. The van der Waals surface area contributed by atoms with Crippen molar-refractivity contribution in [3.8, 4) is 0 Å². The van der Waals surface area contributed by atoms with Crippen molar-refractivity contribution in [2.45, 2.75) is 31.7 Å². The van der Waals surface area contributed by atoms with Crippen LogP contribution in [0.5, 0.6) is 0 Å². The number of aliphatic carboxylic acids is 1. The van der Waals surface area contributed by atoms with E-state index in [1.54, 1.807) is 61.5 Å². The Labute approximate surface area is 275 Å². The molecule has 0 aromatic heterocycles. The second-order valence-electron chi connectivity index (χ2n) is 11.4. The monoisotopic (exact) mass is 650 g/mol. The van der Waals surface area contributed by atoms with Gasteiger partial charge in [0.2, 0.25) is 5.91 Å². The van der Waals surface area contributed by atoms with E-state index in [9.17, 15) is 29.1 Å². The minimum absolute atomic E-state index is 0.0363. The SMILES string of the molecule is C[C@]1(c2ccc(C(=N)N)cc2)C(=O)N(CC(=O)NC[C@@H](NC(=O)OCc2ccccc2)C(=O)O)C(=O)N1Cc1ccc2ccccc2c1. The number of urea groups is 1. The minimum Gasteiger partial charge on any atom is -0.480 e. The number of carbonyl (C=O) groups is 5. The number of hydrogen-bond donors (Lipinski definition) is 5. The maximum atomic E-state index is 14.0. The highest BCUT2D eigenvalue weighted by Gasteiger charge is 2.55. The molecule has 48 heavy (non-hydrogen) atoms. The average molecular weight is 651 g/mol. The third-order valence-electron chi connectivity index (χ3n) is 8.18. The number of alkyl carbamates (subject to hydrolysis) is 1. The van der Waals surface area contributed by atoms with Gasteiger partial charge >= 0.3 is 18.1 Å². The highest BCUT2D eigenvalue weighted by atomic mass is 16.5. The van der Waals surface area contributed by atoms with Crippen LogP contribution in [-0.2, 0) is 37.8 Å². The van der Waals surface area contributed by atoms with E-state index in [0.29, 0.717) is 16.7 Å². The van der Waals surface area contributed by atoms with Crippen LogP contribution >= 0.6 is 0 Å². The molecule has 4 aromatic carbocycles. The van der Waals surface area contributed by atoms with Gasteiger partial charge in [0.15, 0.2) is 0 Å². The Bertz CT molecular complexity index is 1880. The highest BCUT2D eigenvalue weighted by molar-refractivity contribution is 6.09. The molecule has 5 rings (SSSR count). The number of amides is 5. The molecule has 4 aromatic rings. The first-order valence-corrected chi connectivity index (χ1v) is 15.0. The Kier molecular flexibility index (Phi) is 9.69. The molecule has 5 amide bonds. The first-order valence-electron chi connectivity index (χ1n) is 15.0. The highest BCUT2D eigenvalue weighted by Crippen LogP contribution is 2.38. The van der Waals surface area contributed by atoms with E-state index < -0.39 is 54.6 Å². The van der Waals surface area contributed by atoms with Gasteiger partial charge in [0, 0.05) is 18.7 Å². The summed E-state index contributed by atoms with van der Waals surface area (Å²) < 4.78 is 5.07. The molecule has 13 heteroatoms. The van der Waals surface area contributed by atoms with E-state index >= 15 is 0 Å². The van der Waals surface area contributed by atoms with Gasteiger partial charge in [-0.2, -0.15) is 0 Å². The third kappa shape index (κ3) is 7.09. The van der Waals surface area contributed by atoms with Gasteiger partial charge < -0.3 is 31.1 Å². The van der Waals surface area contributed by atoms with Crippen molar-refractivity contribution in [3.05, 3.63) is 119 Å². The molecular formula is C35H34N6O7. The number of rotatable bonds is 12. The van der Waals surface area contributed by atoms with E-state index in [1.807, 2.05) is 42.5 Å². The van der Waals surface area contributed by atoms with Gasteiger partial charge in [-0.05, 0) is 40.5 Å². The molecule has 1 heterocycles. The predicted octanol–water partition coefficient (Wildman–Crippen LogP) is 3.30. The molecule has 246 valence electrons. The van der Waals surface area contributed by atoms with Gasteiger partial charge in [0.05, 0.1) is 0 Å². The lowest BCUT2D eigenvalue weighted by Crippen LogP contribution is -2.50. The van der Waals surface area contributed by atoms with Crippen LogP contribution in [0.1, 0.15) is 29.2 Å². The van der Waals surface area contributed by atoms with Gasteiger partial charge in [0.25, 0.3) is 5.91 Å². The zero-order chi connectivity index (χ0) is 34.4. The number of nitrogen functional groups attached to an aromatic ring is 1. The lowest BCUT2D eigenvalue weighted by atomic mass is 9.89. The summed E-state index contributed by atoms with van der Waals surface area (Å²) in [6.07, 6.45) is -0.999. The number of nitrogens with two attached hydrogens (primary N) is 1. The number of ether oxygens (including phenoxy) is 1. The summed E-state index contributed by atoms with van der Waals surface area (Å²) in [7, 11) is 0. The molecule has 13 nitrogen and oxygen atoms in total. The number of amidine groups is 1. The third-order valence-corrected chi connectivity index (χ3v) is 8.18. The predicted molar refractivity (Wildman–Crippen MR) is 176 cm³/mol. The van der Waals surface area contributed by atoms with Gasteiger partial charge in [-0.15, -0.1) is 0 Å². The largest absolute Gasteiger partial charge is 0.480 e. The molecule has 0 radical (unpaired) electrons. The maximum absolute atomic E-state index is 14.0. The lowest BCUT2D eigenvalue weighted by Gasteiger charge is -2.32. The number of carbonyl (C=O) groups excluding carboxylic acids is 4. The Morgan fingerprint density at radius 1 is 0.917 bits per heavy atom. The summed E-state index contributed by atoms with van der Waals surface area (Å²) in [5.41, 5.74) is 6.41. The summed E-state index contributed by atoms with van der Waals surface area (Å²) in [5.74, 6) is -3.07. The number of nitrogens with zero attached hydrogens (tertiary/aromatic N) is 2. The van der Waals surface area contributed by atoms with Crippen molar-refractivity contribution in [2.75, 3.05) is 13.1 Å². The first-order chi connectivity index (χ1) is 23.0. The molecule has 0 bridgehead atoms. The molecule has 0 unspecified atom stereocenters. The van der Waals surface area contributed by atoms with Crippen molar-refractivity contribution in [2.24, 2.45) is 5.73 Å². The number of fused-ring (bicyclic) bond motifs is 1. The maximum Gasteiger partial charge on any atom is 0.408 e. The standard InChI is InChI=1S/C35H34N6O7/c1-35(27-15-13-25(14-16-27)30(36)37)32(45)40(34(47)41(35)19-23-11-12-24-9-5-6-10-26(24)17-23)20-29(42)38-18-28(31(43)44)39-33(46)48-21-22-7-3-2-4-8-22/h2-17,28H,18-21H2,1H3,(H3,36,37)(H,38,42)(H,39,46)(H,43,44)/t28-,35+/m1/s1. The van der Waals surface area contributed by atoms with E-state index in [4.69, 9.17) is 15.9 Å². The molecule has 1 aliphatic rings. The van der Waals surface area contributed by atoms with Crippen LogP contribution in [-0.4, -0.2) is 69.8 Å². The minimum atomic E-state index is -1.54. The summed E-state index contributed by atoms with van der Waals surface area (Å²) in [6.45, 7) is 0.304. The average Bonchev–Trinajstić information content (AvgIpc) is 3.26. The van der Waals surface area contributed by atoms with E-state index in [0.717, 1.165) is 21.2 Å². The fraction of sp³-hybridized carbons (Fsp3) is 0.200. The number of nitrogens with one attached hydrogen (secondary N) is 3. The molecule has 0 spiro atoms. The van der Waals surface area contributed by atoms with Crippen molar-refractivity contribution in [3.63, 3.8) is 0 Å². The van der Waals surface area contributed by atoms with Crippen molar-refractivity contribution in [1.82, 2.24) is 20.4 Å². The van der Waals surface area contributed by atoms with Gasteiger partial charge in [0.1, 0.15) is 30.6 Å². The van der Waals surface area contributed by atoms with Gasteiger partial charge in [-0.1, -0.05) is 91.0 Å². The lowest BCUT2D eigenvalue weighted by molar-refractivity contribution is -0.140. The zero-order valence-electron chi connectivity index (χ0n) is 26.0. The molecule has 2 atom stereocenters. The number of carboxylic acid groups (broad SMARTS) is 1. The molecular weight excluding hydrogens is 616 g/mol. The summed E-state index contributed by atoms with van der Waals surface area (Å²) >= 11 is 0. The normalized spacial score (nSPS) is 16.4. The fourth-order valence-corrected chi connectivity index (χ4v) is 5.46. The molecule has 0 aliphatic carbocycles. The van der Waals surface area contributed by atoms with Crippen molar-refractivity contribution in [1.29, 1.82) is 5.41 Å². The van der Waals surface area contributed by atoms with Crippen LogP contribution in [0.3, 0.4) is 0 Å². The van der Waals surface area contributed by atoms with E-state index in [-0.39, 0.29) is 19.0 Å². The Morgan fingerprint density at radius 2 is 1.58 bits per heavy atom. The molecule has 1 saturated heterocycles. The molecule has 1 fully saturated rings. The van der Waals surface area contributed by atoms with E-state index in [2.05, 4.69) is 10.6 Å². The van der Waals surface area contributed by atoms with Crippen LogP contribution in [0.4, 0.5) is 9.59 Å². The Hall–Kier alpha value is -6.24. The van der Waals surface area contributed by atoms with Crippen LogP contribution < -0.4 is 16.4 Å². The second-order valence-corrected chi connectivity index (χ2v) is 11.4. The molecule has 1 aliphatic heterocycles. The Balaban J connectivity index is 1.31. The van der Waals surface area contributed by atoms with Crippen LogP contribution in [0, 0.1) is 5.41 Å². The van der Waals surface area contributed by atoms with Crippen LogP contribution in [0.25, 0.3) is 10.8 Å². The van der Waals surface area contributed by atoms with Gasteiger partial charge in [-0.3, -0.25) is 19.9 Å². The zero-order valence-corrected chi connectivity index (χ0v) is 26.0. The first kappa shape index (κ1) is 33.1. The van der Waals surface area contributed by atoms with Crippen molar-refractivity contribution < 1.29 is 33.8 Å². The van der Waals surface area contributed by atoms with Crippen LogP contribution in [0.15, 0.2) is 97.1 Å². The fourth-order valence-electron chi connectivity index (χ4n) is 5.46. The van der Waals surface area contributed by atoms with Crippen LogP contribution in [0.2, 0.25) is 0 Å². The molecule has 0 saturated carbocycles. The number of imide groups is 1. The van der Waals surface area contributed by atoms with Gasteiger partial charge in [-0.25, -0.2) is 14.4 Å². The smallest absolute Gasteiger partial charge is 0.408 e. The Morgan fingerprint density at radius 3 is 2.25 bits per heavy atom. The van der Waals surface area contributed by atoms with E-state index in [1.165, 1.54) is 4.90 Å². The quantitative estimate of drug-likeness (QED) is 0.0875. The second kappa shape index (κ2) is 14.0. The number of carboxylic acids is 1. The van der Waals surface area contributed by atoms with Crippen molar-refractivity contribution >= 4 is 46.5 Å².